The zero-order valence-electron chi connectivity index (χ0n) is 12.7. The molecular formula is C17H16ClF2NO2. The summed E-state index contributed by atoms with van der Waals surface area (Å²) in [6, 6.07) is 10.1. The van der Waals surface area contributed by atoms with Crippen LogP contribution < -0.4 is 5.32 Å². The SMILES string of the molecule is COC(C)(CNC(=O)c1ccc(F)c(F)c1)c1cccc(Cl)c1. The number of methoxy groups -OCH3 is 1. The summed E-state index contributed by atoms with van der Waals surface area (Å²) in [5.74, 6) is -2.58. The van der Waals surface area contributed by atoms with Crippen molar-refractivity contribution < 1.29 is 18.3 Å². The van der Waals surface area contributed by atoms with Crippen LogP contribution in [0.1, 0.15) is 22.8 Å². The van der Waals surface area contributed by atoms with Crippen LogP contribution in [0, 0.1) is 11.6 Å². The molecule has 0 radical (unpaired) electrons. The zero-order chi connectivity index (χ0) is 17.0. The number of rotatable bonds is 5. The molecule has 1 N–H and O–H groups in total. The fourth-order valence-corrected chi connectivity index (χ4v) is 2.29. The molecule has 0 aromatic heterocycles. The fraction of sp³-hybridized carbons (Fsp3) is 0.235. The monoisotopic (exact) mass is 339 g/mol. The van der Waals surface area contributed by atoms with Gasteiger partial charge in [-0.15, -0.1) is 0 Å². The van der Waals surface area contributed by atoms with Crippen molar-refractivity contribution in [1.29, 1.82) is 0 Å². The molecule has 1 amide bonds. The summed E-state index contributed by atoms with van der Waals surface area (Å²) in [6.45, 7) is 1.94. The minimum absolute atomic E-state index is 0.0356. The van der Waals surface area contributed by atoms with Crippen molar-refractivity contribution >= 4 is 17.5 Å². The topological polar surface area (TPSA) is 38.3 Å². The quantitative estimate of drug-likeness (QED) is 0.897. The maximum absolute atomic E-state index is 13.2. The van der Waals surface area contributed by atoms with Crippen molar-refractivity contribution in [3.05, 3.63) is 70.2 Å². The molecule has 0 saturated heterocycles. The Balaban J connectivity index is 2.13. The van der Waals surface area contributed by atoms with Crippen LogP contribution in [0.5, 0.6) is 0 Å². The van der Waals surface area contributed by atoms with E-state index in [0.29, 0.717) is 5.02 Å². The summed E-state index contributed by atoms with van der Waals surface area (Å²) >= 11 is 5.98. The first kappa shape index (κ1) is 17.4. The van der Waals surface area contributed by atoms with Crippen molar-refractivity contribution in [1.82, 2.24) is 5.32 Å². The molecular weight excluding hydrogens is 324 g/mol. The van der Waals surface area contributed by atoms with E-state index >= 15 is 0 Å². The first-order chi connectivity index (χ1) is 10.9. The van der Waals surface area contributed by atoms with Crippen LogP contribution in [0.25, 0.3) is 0 Å². The first-order valence-corrected chi connectivity index (χ1v) is 7.28. The highest BCUT2D eigenvalue weighted by molar-refractivity contribution is 6.30. The lowest BCUT2D eigenvalue weighted by Crippen LogP contribution is -2.40. The van der Waals surface area contributed by atoms with Gasteiger partial charge in [0.1, 0.15) is 5.60 Å². The summed E-state index contributed by atoms with van der Waals surface area (Å²) in [5.41, 5.74) is 0.0191. The number of hydrogen-bond donors (Lipinski definition) is 1. The molecule has 2 rings (SSSR count). The number of halogens is 3. The molecule has 1 atom stereocenters. The molecule has 0 heterocycles. The summed E-state index contributed by atoms with van der Waals surface area (Å²) in [7, 11) is 1.52. The third-order valence-electron chi connectivity index (χ3n) is 3.65. The molecule has 0 aliphatic heterocycles. The number of carbonyl (C=O) groups is 1. The van der Waals surface area contributed by atoms with Crippen molar-refractivity contribution in [2.24, 2.45) is 0 Å². The molecule has 23 heavy (non-hydrogen) atoms. The van der Waals surface area contributed by atoms with Gasteiger partial charge in [-0.2, -0.15) is 0 Å². The van der Waals surface area contributed by atoms with Gasteiger partial charge in [0.05, 0.1) is 6.54 Å². The third-order valence-corrected chi connectivity index (χ3v) is 3.89. The van der Waals surface area contributed by atoms with Crippen LogP contribution in [-0.4, -0.2) is 19.6 Å². The maximum Gasteiger partial charge on any atom is 0.251 e. The van der Waals surface area contributed by atoms with E-state index in [1.54, 1.807) is 25.1 Å². The van der Waals surface area contributed by atoms with Crippen LogP contribution in [0.2, 0.25) is 5.02 Å². The summed E-state index contributed by atoms with van der Waals surface area (Å²) in [5, 5.41) is 3.21. The second kappa shape index (κ2) is 7.06. The molecule has 0 fully saturated rings. The Morgan fingerprint density at radius 1 is 1.22 bits per heavy atom. The summed E-state index contributed by atoms with van der Waals surface area (Å²) in [4.78, 5) is 12.1. The maximum atomic E-state index is 13.2. The Hall–Kier alpha value is -1.98. The van der Waals surface area contributed by atoms with Gasteiger partial charge in [-0.1, -0.05) is 23.7 Å². The molecule has 0 aliphatic carbocycles. The van der Waals surface area contributed by atoms with E-state index in [2.05, 4.69) is 5.32 Å². The van der Waals surface area contributed by atoms with Crippen molar-refractivity contribution in [2.45, 2.75) is 12.5 Å². The Morgan fingerprint density at radius 2 is 1.96 bits per heavy atom. The van der Waals surface area contributed by atoms with Gasteiger partial charge < -0.3 is 10.1 Å². The molecule has 0 spiro atoms. The van der Waals surface area contributed by atoms with E-state index in [-0.39, 0.29) is 12.1 Å². The Kier molecular flexibility index (Phi) is 5.34. The van der Waals surface area contributed by atoms with Crippen molar-refractivity contribution in [3.8, 4) is 0 Å². The summed E-state index contributed by atoms with van der Waals surface area (Å²) < 4.78 is 31.6. The predicted molar refractivity (Wildman–Crippen MR) is 84.5 cm³/mol. The molecule has 1 unspecified atom stereocenters. The molecule has 0 bridgehead atoms. The lowest BCUT2D eigenvalue weighted by atomic mass is 9.95. The minimum atomic E-state index is -1.07. The third kappa shape index (κ3) is 4.06. The second-order valence-corrected chi connectivity index (χ2v) is 5.69. The van der Waals surface area contributed by atoms with E-state index in [9.17, 15) is 13.6 Å². The van der Waals surface area contributed by atoms with Crippen LogP contribution in [-0.2, 0) is 10.3 Å². The van der Waals surface area contributed by atoms with Crippen molar-refractivity contribution in [3.63, 3.8) is 0 Å². The van der Waals surface area contributed by atoms with Crippen LogP contribution in [0.3, 0.4) is 0 Å². The van der Waals surface area contributed by atoms with Gasteiger partial charge in [-0.25, -0.2) is 8.78 Å². The summed E-state index contributed by atoms with van der Waals surface area (Å²) in [6.07, 6.45) is 0. The number of nitrogens with one attached hydrogen (secondary N) is 1. The Morgan fingerprint density at radius 3 is 2.57 bits per heavy atom. The van der Waals surface area contributed by atoms with Crippen molar-refractivity contribution in [2.75, 3.05) is 13.7 Å². The van der Waals surface area contributed by atoms with Gasteiger partial charge in [0, 0.05) is 17.7 Å². The van der Waals surface area contributed by atoms with Gasteiger partial charge in [0.15, 0.2) is 11.6 Å². The second-order valence-electron chi connectivity index (χ2n) is 5.26. The predicted octanol–water partition coefficient (Wildman–Crippen LogP) is 3.91. The van der Waals surface area contributed by atoms with Gasteiger partial charge in [0.2, 0.25) is 0 Å². The lowest BCUT2D eigenvalue weighted by molar-refractivity contribution is 0.00315. The standard InChI is InChI=1S/C17H16ClF2NO2/c1-17(23-2,12-4-3-5-13(18)9-12)10-21-16(22)11-6-7-14(19)15(20)8-11/h3-9H,10H2,1-2H3,(H,21,22). The number of hydrogen-bond acceptors (Lipinski definition) is 2. The average Bonchev–Trinajstić information content (AvgIpc) is 2.54. The molecule has 0 saturated carbocycles. The highest BCUT2D eigenvalue weighted by Gasteiger charge is 2.27. The van der Waals surface area contributed by atoms with Gasteiger partial charge >= 0.3 is 0 Å². The average molecular weight is 340 g/mol. The highest BCUT2D eigenvalue weighted by Crippen LogP contribution is 2.26. The number of carbonyl (C=O) groups excluding carboxylic acids is 1. The Bertz CT molecular complexity index is 723. The van der Waals surface area contributed by atoms with Gasteiger partial charge in [0.25, 0.3) is 5.91 Å². The van der Waals surface area contributed by atoms with Crippen LogP contribution in [0.15, 0.2) is 42.5 Å². The molecule has 3 nitrogen and oxygen atoms in total. The van der Waals surface area contributed by atoms with Gasteiger partial charge in [-0.3, -0.25) is 4.79 Å². The van der Waals surface area contributed by atoms with E-state index in [0.717, 1.165) is 17.7 Å². The Labute approximate surface area is 138 Å². The number of amides is 1. The van der Waals surface area contributed by atoms with E-state index in [1.165, 1.54) is 13.2 Å². The number of benzene rings is 2. The minimum Gasteiger partial charge on any atom is -0.372 e. The largest absolute Gasteiger partial charge is 0.372 e. The molecule has 2 aromatic rings. The fourth-order valence-electron chi connectivity index (χ4n) is 2.10. The normalized spacial score (nSPS) is 13.4. The number of ether oxygens (including phenoxy) is 1. The van der Waals surface area contributed by atoms with Crippen LogP contribution in [0.4, 0.5) is 8.78 Å². The first-order valence-electron chi connectivity index (χ1n) is 6.90. The highest BCUT2D eigenvalue weighted by atomic mass is 35.5. The van der Waals surface area contributed by atoms with E-state index in [4.69, 9.17) is 16.3 Å². The van der Waals surface area contributed by atoms with Crippen LogP contribution >= 0.6 is 11.6 Å². The smallest absolute Gasteiger partial charge is 0.251 e. The van der Waals surface area contributed by atoms with Gasteiger partial charge in [-0.05, 0) is 42.8 Å². The molecule has 6 heteroatoms. The van der Waals surface area contributed by atoms with E-state index in [1.807, 2.05) is 6.07 Å². The molecule has 2 aromatic carbocycles. The molecule has 0 aliphatic rings. The van der Waals surface area contributed by atoms with E-state index < -0.39 is 23.1 Å². The lowest BCUT2D eigenvalue weighted by Gasteiger charge is -2.29. The molecule has 122 valence electrons. The zero-order valence-corrected chi connectivity index (χ0v) is 13.5.